The smallest absolute Gasteiger partial charge is 0.0683 e. The largest absolute Gasteiger partial charge is 0.375 e. The third kappa shape index (κ3) is 1.90. The van der Waals surface area contributed by atoms with Gasteiger partial charge in [0.1, 0.15) is 0 Å². The van der Waals surface area contributed by atoms with Crippen molar-refractivity contribution in [3.8, 4) is 0 Å². The second-order valence-electron chi connectivity index (χ2n) is 5.22. The summed E-state index contributed by atoms with van der Waals surface area (Å²) in [6, 6.07) is 0. The molecule has 2 fully saturated rings. The number of hydrogen-bond donors (Lipinski definition) is 0. The summed E-state index contributed by atoms with van der Waals surface area (Å²) in [5.41, 5.74) is 0.339. The Morgan fingerprint density at radius 2 is 1.85 bits per heavy atom. The van der Waals surface area contributed by atoms with E-state index in [0.29, 0.717) is 5.60 Å². The third-order valence-corrected chi connectivity index (χ3v) is 4.07. The Morgan fingerprint density at radius 3 is 2.31 bits per heavy atom. The Balaban J connectivity index is 1.88. The van der Waals surface area contributed by atoms with Crippen LogP contribution in [0.25, 0.3) is 0 Å². The Kier molecular flexibility index (Phi) is 2.64. The van der Waals surface area contributed by atoms with Gasteiger partial charge in [-0.05, 0) is 50.4 Å². The lowest BCUT2D eigenvalue weighted by Crippen LogP contribution is -2.34. The molecule has 1 nitrogen and oxygen atoms in total. The first-order chi connectivity index (χ1) is 6.22. The molecule has 1 heterocycles. The molecule has 76 valence electrons. The van der Waals surface area contributed by atoms with Crippen LogP contribution < -0.4 is 0 Å². The Hall–Kier alpha value is -0.0400. The fraction of sp³-hybridized carbons (Fsp3) is 1.00. The molecule has 0 N–H and O–H groups in total. The molecule has 0 aromatic rings. The SMILES string of the molecule is CC(C)[C@H]1CC[C@]2(CCCO2)CC1. The van der Waals surface area contributed by atoms with Gasteiger partial charge in [-0.15, -0.1) is 0 Å². The summed E-state index contributed by atoms with van der Waals surface area (Å²) in [5, 5.41) is 0. The second kappa shape index (κ2) is 3.61. The third-order valence-electron chi connectivity index (χ3n) is 4.07. The first-order valence-electron chi connectivity index (χ1n) is 5.86. The van der Waals surface area contributed by atoms with E-state index in [-0.39, 0.29) is 0 Å². The Morgan fingerprint density at radius 1 is 1.15 bits per heavy atom. The molecule has 0 unspecified atom stereocenters. The molecule has 0 radical (unpaired) electrons. The van der Waals surface area contributed by atoms with Crippen molar-refractivity contribution >= 4 is 0 Å². The molecule has 0 atom stereocenters. The van der Waals surface area contributed by atoms with Crippen molar-refractivity contribution in [3.05, 3.63) is 0 Å². The van der Waals surface area contributed by atoms with E-state index >= 15 is 0 Å². The second-order valence-corrected chi connectivity index (χ2v) is 5.22. The van der Waals surface area contributed by atoms with Gasteiger partial charge in [0.05, 0.1) is 5.60 Å². The fourth-order valence-corrected chi connectivity index (χ4v) is 2.98. The van der Waals surface area contributed by atoms with Crippen LogP contribution in [-0.2, 0) is 4.74 Å². The highest BCUT2D eigenvalue weighted by atomic mass is 16.5. The predicted octanol–water partition coefficient (Wildman–Crippen LogP) is 3.38. The molecule has 1 heteroatoms. The summed E-state index contributed by atoms with van der Waals surface area (Å²) < 4.78 is 5.91. The highest BCUT2D eigenvalue weighted by molar-refractivity contribution is 4.90. The average Bonchev–Trinajstić information content (AvgIpc) is 2.54. The topological polar surface area (TPSA) is 9.23 Å². The first-order valence-corrected chi connectivity index (χ1v) is 5.86. The summed E-state index contributed by atoms with van der Waals surface area (Å²) in [6.07, 6.45) is 8.09. The normalized spacial score (nSPS) is 40.4. The van der Waals surface area contributed by atoms with Crippen LogP contribution >= 0.6 is 0 Å². The molecular weight excluding hydrogens is 160 g/mol. The van der Waals surface area contributed by atoms with E-state index in [0.717, 1.165) is 18.4 Å². The number of ether oxygens (including phenoxy) is 1. The summed E-state index contributed by atoms with van der Waals surface area (Å²) >= 11 is 0. The van der Waals surface area contributed by atoms with Crippen LogP contribution in [0.1, 0.15) is 52.4 Å². The van der Waals surface area contributed by atoms with Crippen LogP contribution in [0.4, 0.5) is 0 Å². The van der Waals surface area contributed by atoms with E-state index in [1.807, 2.05) is 0 Å². The van der Waals surface area contributed by atoms with Gasteiger partial charge in [-0.1, -0.05) is 13.8 Å². The van der Waals surface area contributed by atoms with Gasteiger partial charge < -0.3 is 4.74 Å². The molecule has 1 spiro atoms. The van der Waals surface area contributed by atoms with Crippen molar-refractivity contribution in [2.24, 2.45) is 11.8 Å². The molecule has 1 aliphatic carbocycles. The van der Waals surface area contributed by atoms with Crippen molar-refractivity contribution in [1.82, 2.24) is 0 Å². The monoisotopic (exact) mass is 182 g/mol. The van der Waals surface area contributed by atoms with Crippen molar-refractivity contribution in [2.45, 2.75) is 58.0 Å². The fourth-order valence-electron chi connectivity index (χ4n) is 2.98. The molecule has 1 saturated heterocycles. The van der Waals surface area contributed by atoms with Gasteiger partial charge in [-0.3, -0.25) is 0 Å². The van der Waals surface area contributed by atoms with Crippen molar-refractivity contribution < 1.29 is 4.74 Å². The summed E-state index contributed by atoms with van der Waals surface area (Å²) in [7, 11) is 0. The van der Waals surface area contributed by atoms with Gasteiger partial charge in [0.25, 0.3) is 0 Å². The van der Waals surface area contributed by atoms with E-state index in [2.05, 4.69) is 13.8 Å². The lowest BCUT2D eigenvalue weighted by molar-refractivity contribution is -0.0389. The molecule has 1 saturated carbocycles. The van der Waals surface area contributed by atoms with E-state index in [1.165, 1.54) is 38.5 Å². The van der Waals surface area contributed by atoms with Crippen molar-refractivity contribution in [3.63, 3.8) is 0 Å². The highest BCUT2D eigenvalue weighted by Crippen LogP contribution is 2.43. The van der Waals surface area contributed by atoms with Gasteiger partial charge >= 0.3 is 0 Å². The summed E-state index contributed by atoms with van der Waals surface area (Å²) in [6.45, 7) is 5.74. The highest BCUT2D eigenvalue weighted by Gasteiger charge is 2.39. The van der Waals surface area contributed by atoms with Crippen LogP contribution in [0.15, 0.2) is 0 Å². The van der Waals surface area contributed by atoms with Crippen LogP contribution in [-0.4, -0.2) is 12.2 Å². The van der Waals surface area contributed by atoms with Crippen molar-refractivity contribution in [2.75, 3.05) is 6.61 Å². The summed E-state index contributed by atoms with van der Waals surface area (Å²) in [5.74, 6) is 1.84. The Labute approximate surface area is 81.9 Å². The van der Waals surface area contributed by atoms with Gasteiger partial charge in [0.15, 0.2) is 0 Å². The maximum atomic E-state index is 5.91. The van der Waals surface area contributed by atoms with Gasteiger partial charge in [-0.25, -0.2) is 0 Å². The molecule has 0 aromatic heterocycles. The molecule has 1 aliphatic heterocycles. The van der Waals surface area contributed by atoms with E-state index in [9.17, 15) is 0 Å². The zero-order chi connectivity index (χ0) is 9.31. The van der Waals surface area contributed by atoms with Gasteiger partial charge in [0, 0.05) is 6.61 Å². The molecule has 0 aromatic carbocycles. The van der Waals surface area contributed by atoms with Crippen molar-refractivity contribution in [1.29, 1.82) is 0 Å². The quantitative estimate of drug-likeness (QED) is 0.604. The average molecular weight is 182 g/mol. The minimum atomic E-state index is 0.339. The van der Waals surface area contributed by atoms with Crippen LogP contribution in [0.5, 0.6) is 0 Å². The maximum absolute atomic E-state index is 5.91. The predicted molar refractivity (Wildman–Crippen MR) is 54.7 cm³/mol. The number of rotatable bonds is 1. The maximum Gasteiger partial charge on any atom is 0.0683 e. The minimum absolute atomic E-state index is 0.339. The molecular formula is C12H22O. The lowest BCUT2D eigenvalue weighted by Gasteiger charge is -2.37. The lowest BCUT2D eigenvalue weighted by atomic mass is 9.74. The first kappa shape index (κ1) is 9.51. The zero-order valence-electron chi connectivity index (χ0n) is 9.01. The van der Waals surface area contributed by atoms with Crippen LogP contribution in [0.3, 0.4) is 0 Å². The number of hydrogen-bond acceptors (Lipinski definition) is 1. The standard InChI is InChI=1S/C12H22O/c1-10(2)11-4-7-12(8-5-11)6-3-9-13-12/h10-11H,3-9H2,1-2H3/t11-,12+. The van der Waals surface area contributed by atoms with Gasteiger partial charge in [-0.2, -0.15) is 0 Å². The van der Waals surface area contributed by atoms with E-state index < -0.39 is 0 Å². The zero-order valence-corrected chi connectivity index (χ0v) is 9.01. The Bertz CT molecular complexity index is 158. The van der Waals surface area contributed by atoms with Crippen LogP contribution in [0, 0.1) is 11.8 Å². The molecule has 0 bridgehead atoms. The van der Waals surface area contributed by atoms with E-state index in [4.69, 9.17) is 4.74 Å². The van der Waals surface area contributed by atoms with Gasteiger partial charge in [0.2, 0.25) is 0 Å². The summed E-state index contributed by atoms with van der Waals surface area (Å²) in [4.78, 5) is 0. The molecule has 2 rings (SSSR count). The molecule has 13 heavy (non-hydrogen) atoms. The molecule has 2 aliphatic rings. The minimum Gasteiger partial charge on any atom is -0.375 e. The van der Waals surface area contributed by atoms with E-state index in [1.54, 1.807) is 0 Å². The van der Waals surface area contributed by atoms with Crippen LogP contribution in [0.2, 0.25) is 0 Å². The molecule has 0 amide bonds.